The van der Waals surface area contributed by atoms with Crippen LogP contribution in [0.2, 0.25) is 0 Å². The summed E-state index contributed by atoms with van der Waals surface area (Å²) in [5.41, 5.74) is 6.64. The van der Waals surface area contributed by atoms with Crippen LogP contribution in [0.3, 0.4) is 0 Å². The number of aryl methyl sites for hydroxylation is 1. The smallest absolute Gasteiger partial charge is 0.123 e. The lowest BCUT2D eigenvalue weighted by Crippen LogP contribution is -2.31. The predicted molar refractivity (Wildman–Crippen MR) is 95.6 cm³/mol. The van der Waals surface area contributed by atoms with Crippen LogP contribution < -0.4 is 5.32 Å². The molecule has 0 unspecified atom stereocenters. The number of hydrogen-bond acceptors (Lipinski definition) is 3. The van der Waals surface area contributed by atoms with Crippen LogP contribution in [0.5, 0.6) is 5.75 Å². The molecule has 3 rings (SSSR count). The molecule has 0 aliphatic carbocycles. The molecule has 0 radical (unpaired) electrons. The summed E-state index contributed by atoms with van der Waals surface area (Å²) >= 11 is 0. The molecule has 0 aromatic heterocycles. The molecule has 120 valence electrons. The van der Waals surface area contributed by atoms with E-state index in [4.69, 9.17) is 0 Å². The van der Waals surface area contributed by atoms with Crippen LogP contribution in [0.4, 0.5) is 5.69 Å². The molecule has 2 aromatic carbocycles. The number of hydrogen-bond donors (Lipinski definition) is 3. The number of nitrogens with one attached hydrogen (secondary N) is 1. The summed E-state index contributed by atoms with van der Waals surface area (Å²) in [6, 6.07) is 9.54. The van der Waals surface area contributed by atoms with Crippen molar-refractivity contribution >= 4 is 11.3 Å². The molecule has 2 aromatic rings. The van der Waals surface area contributed by atoms with Gasteiger partial charge in [-0.05, 0) is 62.6 Å². The zero-order chi connectivity index (χ0) is 16.8. The summed E-state index contributed by atoms with van der Waals surface area (Å²) in [6.07, 6.45) is 2.17. The summed E-state index contributed by atoms with van der Waals surface area (Å²) in [4.78, 5) is 0. The van der Waals surface area contributed by atoms with E-state index in [-0.39, 0.29) is 17.9 Å². The number of benzene rings is 2. The SMILES string of the molecule is CC1=CC(C)(C)Nc2ccc(-c3cc(C)ccc3O)c(CO)c21. The van der Waals surface area contributed by atoms with Crippen molar-refractivity contribution in [1.82, 2.24) is 0 Å². The van der Waals surface area contributed by atoms with Gasteiger partial charge in [0.2, 0.25) is 0 Å². The third-order valence-corrected chi connectivity index (χ3v) is 4.34. The van der Waals surface area contributed by atoms with Gasteiger partial charge in [0.1, 0.15) is 5.75 Å². The fourth-order valence-corrected chi connectivity index (χ4v) is 3.48. The van der Waals surface area contributed by atoms with E-state index in [1.165, 1.54) is 0 Å². The van der Waals surface area contributed by atoms with Crippen molar-refractivity contribution in [3.05, 3.63) is 53.1 Å². The van der Waals surface area contributed by atoms with E-state index in [9.17, 15) is 10.2 Å². The predicted octanol–water partition coefficient (Wildman–Crippen LogP) is 4.47. The first-order chi connectivity index (χ1) is 10.8. The van der Waals surface area contributed by atoms with Crippen molar-refractivity contribution in [3.8, 4) is 16.9 Å². The number of aliphatic hydroxyl groups is 1. The van der Waals surface area contributed by atoms with Crippen molar-refractivity contribution in [2.45, 2.75) is 39.8 Å². The third-order valence-electron chi connectivity index (χ3n) is 4.34. The Morgan fingerprint density at radius 3 is 2.48 bits per heavy atom. The van der Waals surface area contributed by atoms with Crippen molar-refractivity contribution in [1.29, 1.82) is 0 Å². The number of fused-ring (bicyclic) bond motifs is 1. The van der Waals surface area contributed by atoms with Gasteiger partial charge in [-0.15, -0.1) is 0 Å². The fraction of sp³-hybridized carbons (Fsp3) is 0.300. The van der Waals surface area contributed by atoms with Gasteiger partial charge < -0.3 is 15.5 Å². The molecular formula is C20H23NO2. The van der Waals surface area contributed by atoms with Crippen LogP contribution in [0, 0.1) is 6.92 Å². The van der Waals surface area contributed by atoms with E-state index in [0.29, 0.717) is 0 Å². The van der Waals surface area contributed by atoms with Gasteiger partial charge in [0.05, 0.1) is 12.1 Å². The van der Waals surface area contributed by atoms with Crippen LogP contribution in [0.1, 0.15) is 37.5 Å². The van der Waals surface area contributed by atoms with E-state index in [1.54, 1.807) is 6.07 Å². The number of phenolic OH excluding ortho intramolecular Hbond substituents is 1. The first-order valence-corrected chi connectivity index (χ1v) is 7.87. The topological polar surface area (TPSA) is 52.5 Å². The molecule has 3 nitrogen and oxygen atoms in total. The molecule has 23 heavy (non-hydrogen) atoms. The molecular weight excluding hydrogens is 286 g/mol. The van der Waals surface area contributed by atoms with Crippen molar-refractivity contribution < 1.29 is 10.2 Å². The molecule has 0 saturated carbocycles. The summed E-state index contributed by atoms with van der Waals surface area (Å²) < 4.78 is 0. The van der Waals surface area contributed by atoms with Crippen LogP contribution in [-0.2, 0) is 6.61 Å². The number of allylic oxidation sites excluding steroid dienone is 1. The summed E-state index contributed by atoms with van der Waals surface area (Å²) in [5, 5.41) is 23.8. The van der Waals surface area contributed by atoms with E-state index >= 15 is 0 Å². The van der Waals surface area contributed by atoms with Gasteiger partial charge in [-0.1, -0.05) is 23.8 Å². The fourth-order valence-electron chi connectivity index (χ4n) is 3.48. The standard InChI is InChI=1S/C20H23NO2/c1-12-5-8-18(23)15(9-12)14-6-7-17-19(16(14)11-22)13(2)10-20(3,4)21-17/h5-10,21-23H,11H2,1-4H3. The van der Waals surface area contributed by atoms with Crippen molar-refractivity contribution in [2.75, 3.05) is 5.32 Å². The Morgan fingerprint density at radius 2 is 1.78 bits per heavy atom. The third kappa shape index (κ3) is 2.73. The highest BCUT2D eigenvalue weighted by atomic mass is 16.3. The minimum absolute atomic E-state index is 0.0703. The molecule has 0 spiro atoms. The lowest BCUT2D eigenvalue weighted by Gasteiger charge is -2.33. The Bertz CT molecular complexity index is 804. The van der Waals surface area contributed by atoms with Crippen molar-refractivity contribution in [2.24, 2.45) is 0 Å². The molecule has 0 fully saturated rings. The molecule has 0 amide bonds. The second-order valence-electron chi connectivity index (χ2n) is 6.87. The summed E-state index contributed by atoms with van der Waals surface area (Å²) in [6.45, 7) is 8.24. The van der Waals surface area contributed by atoms with Crippen LogP contribution in [-0.4, -0.2) is 15.8 Å². The van der Waals surface area contributed by atoms with Gasteiger partial charge in [-0.3, -0.25) is 0 Å². The first-order valence-electron chi connectivity index (χ1n) is 7.87. The first kappa shape index (κ1) is 15.6. The van der Waals surface area contributed by atoms with E-state index in [0.717, 1.165) is 39.1 Å². The Labute approximate surface area is 137 Å². The van der Waals surface area contributed by atoms with Gasteiger partial charge in [0.15, 0.2) is 0 Å². The van der Waals surface area contributed by atoms with E-state index in [1.807, 2.05) is 31.2 Å². The maximum absolute atomic E-state index is 10.2. The number of phenols is 1. The molecule has 0 saturated heterocycles. The second-order valence-corrected chi connectivity index (χ2v) is 6.87. The lowest BCUT2D eigenvalue weighted by atomic mass is 9.85. The minimum Gasteiger partial charge on any atom is -0.507 e. The van der Waals surface area contributed by atoms with Gasteiger partial charge in [-0.2, -0.15) is 0 Å². The molecule has 1 aliphatic heterocycles. The van der Waals surface area contributed by atoms with Gasteiger partial charge >= 0.3 is 0 Å². The average molecular weight is 309 g/mol. The van der Waals surface area contributed by atoms with Crippen molar-refractivity contribution in [3.63, 3.8) is 0 Å². The second kappa shape index (κ2) is 5.43. The highest BCUT2D eigenvalue weighted by Crippen LogP contribution is 2.42. The summed E-state index contributed by atoms with van der Waals surface area (Å²) in [7, 11) is 0. The molecule has 3 N–H and O–H groups in total. The highest BCUT2D eigenvalue weighted by Gasteiger charge is 2.26. The Morgan fingerprint density at radius 1 is 1.04 bits per heavy atom. The summed E-state index contributed by atoms with van der Waals surface area (Å²) in [5.74, 6) is 0.232. The average Bonchev–Trinajstić information content (AvgIpc) is 2.47. The van der Waals surface area contributed by atoms with Gasteiger partial charge in [-0.25, -0.2) is 0 Å². The number of rotatable bonds is 2. The quantitative estimate of drug-likeness (QED) is 0.767. The number of aromatic hydroxyl groups is 1. The number of anilines is 1. The monoisotopic (exact) mass is 309 g/mol. The maximum atomic E-state index is 10.2. The zero-order valence-electron chi connectivity index (χ0n) is 14.1. The molecule has 1 aliphatic rings. The molecule has 1 heterocycles. The van der Waals surface area contributed by atoms with Crippen LogP contribution in [0.15, 0.2) is 36.4 Å². The molecule has 0 atom stereocenters. The van der Waals surface area contributed by atoms with Gasteiger partial charge in [0, 0.05) is 16.8 Å². The molecule has 3 heteroatoms. The normalized spacial score (nSPS) is 15.6. The Kier molecular flexibility index (Phi) is 3.69. The van der Waals surface area contributed by atoms with E-state index < -0.39 is 0 Å². The van der Waals surface area contributed by atoms with E-state index in [2.05, 4.69) is 32.2 Å². The minimum atomic E-state index is -0.114. The zero-order valence-corrected chi connectivity index (χ0v) is 14.1. The largest absolute Gasteiger partial charge is 0.507 e. The highest BCUT2D eigenvalue weighted by molar-refractivity contribution is 5.88. The maximum Gasteiger partial charge on any atom is 0.123 e. The lowest BCUT2D eigenvalue weighted by molar-refractivity contribution is 0.282. The van der Waals surface area contributed by atoms with Crippen LogP contribution >= 0.6 is 0 Å². The Hall–Kier alpha value is -2.26. The van der Waals surface area contributed by atoms with Gasteiger partial charge in [0.25, 0.3) is 0 Å². The Balaban J connectivity index is 2.26. The number of aliphatic hydroxyl groups excluding tert-OH is 1. The molecule has 0 bridgehead atoms. The van der Waals surface area contributed by atoms with Crippen LogP contribution in [0.25, 0.3) is 16.7 Å².